The van der Waals surface area contributed by atoms with Gasteiger partial charge in [-0.1, -0.05) is 366 Å². The average molecular weight is 1130 g/mol. The largest absolute Gasteiger partial charge is 0.462 e. The van der Waals surface area contributed by atoms with Crippen molar-refractivity contribution in [1.82, 2.24) is 0 Å². The van der Waals surface area contributed by atoms with E-state index in [9.17, 15) is 14.4 Å². The van der Waals surface area contributed by atoms with Crippen LogP contribution in [0.25, 0.3) is 0 Å². The first-order chi connectivity index (χ1) is 39.5. The minimum absolute atomic E-state index is 0.0627. The fourth-order valence-electron chi connectivity index (χ4n) is 11.2. The van der Waals surface area contributed by atoms with Crippen LogP contribution in [0.1, 0.15) is 412 Å². The Balaban J connectivity index is 4.01. The third kappa shape index (κ3) is 66.7. The second-order valence-corrected chi connectivity index (χ2v) is 24.9. The van der Waals surface area contributed by atoms with E-state index in [0.29, 0.717) is 19.3 Å². The van der Waals surface area contributed by atoms with E-state index in [1.165, 1.54) is 308 Å². The number of carbonyl (C=O) groups is 3. The Morgan fingerprint density at radius 3 is 0.688 bits per heavy atom. The molecule has 0 aromatic rings. The van der Waals surface area contributed by atoms with Gasteiger partial charge >= 0.3 is 17.9 Å². The molecule has 0 heterocycles. The third-order valence-corrected chi connectivity index (χ3v) is 16.7. The highest BCUT2D eigenvalue weighted by atomic mass is 16.6. The minimum Gasteiger partial charge on any atom is -0.462 e. The van der Waals surface area contributed by atoms with E-state index in [1.807, 2.05) is 0 Å². The van der Waals surface area contributed by atoms with Gasteiger partial charge in [-0.2, -0.15) is 0 Å². The van der Waals surface area contributed by atoms with Gasteiger partial charge in [0.05, 0.1) is 0 Å². The van der Waals surface area contributed by atoms with Gasteiger partial charge in [0.15, 0.2) is 6.10 Å². The van der Waals surface area contributed by atoms with E-state index in [1.54, 1.807) is 0 Å². The number of ether oxygens (including phenoxy) is 3. The van der Waals surface area contributed by atoms with Crippen LogP contribution in [0.4, 0.5) is 0 Å². The van der Waals surface area contributed by atoms with Crippen molar-refractivity contribution in [2.24, 2.45) is 0 Å². The lowest BCUT2D eigenvalue weighted by atomic mass is 10.0. The number of hydrogen-bond acceptors (Lipinski definition) is 6. The Morgan fingerprint density at radius 1 is 0.250 bits per heavy atom. The smallest absolute Gasteiger partial charge is 0.306 e. The van der Waals surface area contributed by atoms with Crippen molar-refractivity contribution < 1.29 is 28.6 Å². The van der Waals surface area contributed by atoms with Crippen LogP contribution in [-0.4, -0.2) is 37.2 Å². The van der Waals surface area contributed by atoms with E-state index < -0.39 is 6.10 Å². The molecule has 0 amide bonds. The van der Waals surface area contributed by atoms with Gasteiger partial charge in [-0.3, -0.25) is 14.4 Å². The molecule has 0 saturated carbocycles. The van der Waals surface area contributed by atoms with Crippen molar-refractivity contribution in [3.63, 3.8) is 0 Å². The van der Waals surface area contributed by atoms with Crippen molar-refractivity contribution in [1.29, 1.82) is 0 Å². The summed E-state index contributed by atoms with van der Waals surface area (Å²) < 4.78 is 17.0. The van der Waals surface area contributed by atoms with Gasteiger partial charge in [-0.15, -0.1) is 0 Å². The Bertz CT molecular complexity index is 1290. The molecule has 0 aromatic heterocycles. The predicted octanol–water partition coefficient (Wildman–Crippen LogP) is 25.0. The van der Waals surface area contributed by atoms with Gasteiger partial charge in [0.2, 0.25) is 0 Å². The molecule has 80 heavy (non-hydrogen) atoms. The van der Waals surface area contributed by atoms with E-state index >= 15 is 0 Å². The average Bonchev–Trinajstić information content (AvgIpc) is 3.46. The van der Waals surface area contributed by atoms with Crippen molar-refractivity contribution in [2.45, 2.75) is 419 Å². The summed E-state index contributed by atoms with van der Waals surface area (Å²) in [6.45, 7) is 6.70. The molecule has 472 valence electrons. The van der Waals surface area contributed by atoms with E-state index in [2.05, 4.69) is 45.1 Å². The summed E-state index contributed by atoms with van der Waals surface area (Å²) >= 11 is 0. The molecule has 1 atom stereocenters. The van der Waals surface area contributed by atoms with E-state index in [4.69, 9.17) is 14.2 Å². The van der Waals surface area contributed by atoms with Crippen molar-refractivity contribution in [3.8, 4) is 0 Å². The quantitative estimate of drug-likeness (QED) is 0.0261. The summed E-state index contributed by atoms with van der Waals surface area (Å²) in [5, 5.41) is 0. The number of unbranched alkanes of at least 4 members (excludes halogenated alkanes) is 53. The summed E-state index contributed by atoms with van der Waals surface area (Å²) in [6.07, 6.45) is 85.2. The molecule has 0 N–H and O–H groups in total. The van der Waals surface area contributed by atoms with Gasteiger partial charge in [-0.25, -0.2) is 0 Å². The standard InChI is InChI=1S/C74H140O6/c1-4-7-10-13-16-19-22-24-26-28-29-30-31-32-33-34-35-36-37-38-39-40-41-42-43-44-45-46-48-49-52-55-58-61-64-67-73(76)79-70-71(69-78-72(75)66-63-60-57-54-51-21-18-15-12-9-6-3)80-74(77)68-65-62-59-56-53-50-47-27-25-23-20-17-14-11-8-5-2/h22,24,28-29,71H,4-21,23,25-27,30-70H2,1-3H3/b24-22-,29-28-. The summed E-state index contributed by atoms with van der Waals surface area (Å²) in [5.74, 6) is -0.830. The fraction of sp³-hybridized carbons (Fsp3) is 0.905. The lowest BCUT2D eigenvalue weighted by molar-refractivity contribution is -0.167. The first-order valence-corrected chi connectivity index (χ1v) is 36.3. The highest BCUT2D eigenvalue weighted by Gasteiger charge is 2.19. The Labute approximate surface area is 500 Å². The number of allylic oxidation sites excluding steroid dienone is 4. The molecule has 0 rings (SSSR count). The molecule has 0 spiro atoms. The molecule has 1 unspecified atom stereocenters. The second-order valence-electron chi connectivity index (χ2n) is 24.9. The van der Waals surface area contributed by atoms with Gasteiger partial charge in [0, 0.05) is 19.3 Å². The second kappa shape index (κ2) is 69.4. The Kier molecular flexibility index (Phi) is 67.6. The molecular formula is C74H140O6. The van der Waals surface area contributed by atoms with Crippen LogP contribution in [-0.2, 0) is 28.6 Å². The van der Waals surface area contributed by atoms with Gasteiger partial charge < -0.3 is 14.2 Å². The van der Waals surface area contributed by atoms with Crippen LogP contribution in [0.15, 0.2) is 24.3 Å². The Morgan fingerprint density at radius 2 is 0.450 bits per heavy atom. The van der Waals surface area contributed by atoms with Crippen LogP contribution in [0.2, 0.25) is 0 Å². The monoisotopic (exact) mass is 1130 g/mol. The maximum atomic E-state index is 12.9. The number of rotatable bonds is 68. The zero-order valence-corrected chi connectivity index (χ0v) is 54.4. The van der Waals surface area contributed by atoms with Crippen molar-refractivity contribution in [2.75, 3.05) is 13.2 Å². The number of esters is 3. The summed E-state index contributed by atoms with van der Waals surface area (Å²) in [7, 11) is 0. The fourth-order valence-corrected chi connectivity index (χ4v) is 11.2. The lowest BCUT2D eigenvalue weighted by Crippen LogP contribution is -2.30. The number of carbonyl (C=O) groups excluding carboxylic acids is 3. The maximum absolute atomic E-state index is 12.9. The molecule has 0 bridgehead atoms. The van der Waals surface area contributed by atoms with Crippen LogP contribution >= 0.6 is 0 Å². The van der Waals surface area contributed by atoms with E-state index in [-0.39, 0.29) is 31.1 Å². The minimum atomic E-state index is -0.764. The zero-order valence-electron chi connectivity index (χ0n) is 54.4. The first kappa shape index (κ1) is 77.9. The zero-order chi connectivity index (χ0) is 57.8. The molecule has 0 fully saturated rings. The molecular weight excluding hydrogens is 985 g/mol. The van der Waals surface area contributed by atoms with Gasteiger partial charge in [0.25, 0.3) is 0 Å². The summed E-state index contributed by atoms with van der Waals surface area (Å²) in [4.78, 5) is 38.3. The molecule has 0 aliphatic heterocycles. The summed E-state index contributed by atoms with van der Waals surface area (Å²) in [5.41, 5.74) is 0. The molecule has 0 aromatic carbocycles. The first-order valence-electron chi connectivity index (χ1n) is 36.3. The van der Waals surface area contributed by atoms with Crippen LogP contribution in [0.5, 0.6) is 0 Å². The van der Waals surface area contributed by atoms with Crippen molar-refractivity contribution in [3.05, 3.63) is 24.3 Å². The molecule has 0 aliphatic rings. The molecule has 6 heteroatoms. The van der Waals surface area contributed by atoms with Gasteiger partial charge in [-0.05, 0) is 51.4 Å². The maximum Gasteiger partial charge on any atom is 0.306 e. The van der Waals surface area contributed by atoms with Gasteiger partial charge in [0.1, 0.15) is 13.2 Å². The van der Waals surface area contributed by atoms with Crippen LogP contribution in [0.3, 0.4) is 0 Å². The highest BCUT2D eigenvalue weighted by Crippen LogP contribution is 2.19. The van der Waals surface area contributed by atoms with Crippen LogP contribution < -0.4 is 0 Å². The summed E-state index contributed by atoms with van der Waals surface area (Å²) in [6, 6.07) is 0. The van der Waals surface area contributed by atoms with Crippen molar-refractivity contribution >= 4 is 17.9 Å². The molecule has 0 aliphatic carbocycles. The third-order valence-electron chi connectivity index (χ3n) is 16.7. The van der Waals surface area contributed by atoms with Crippen LogP contribution in [0, 0.1) is 0 Å². The Hall–Kier alpha value is -2.11. The molecule has 6 nitrogen and oxygen atoms in total. The number of hydrogen-bond donors (Lipinski definition) is 0. The molecule has 0 saturated heterocycles. The molecule has 0 radical (unpaired) electrons. The SMILES string of the molecule is CCCCCCC/C=C\C/C=C\CCCCCCCCCCCCCCCCCCCCCCCCCC(=O)OCC(COC(=O)CCCCCCCCCCCCC)OC(=O)CCCCCCCCCCCCCCCCCC. The lowest BCUT2D eigenvalue weighted by Gasteiger charge is -2.18. The highest BCUT2D eigenvalue weighted by molar-refractivity contribution is 5.71. The van der Waals surface area contributed by atoms with E-state index in [0.717, 1.165) is 64.2 Å². The predicted molar refractivity (Wildman–Crippen MR) is 349 cm³/mol. The normalized spacial score (nSPS) is 12.1. The topological polar surface area (TPSA) is 78.9 Å².